The monoisotopic (exact) mass is 230 g/mol. The summed E-state index contributed by atoms with van der Waals surface area (Å²) in [4.78, 5) is 22.3. The van der Waals surface area contributed by atoms with Crippen molar-refractivity contribution in [2.45, 2.75) is 38.6 Å². The van der Waals surface area contributed by atoms with Crippen LogP contribution in [0.25, 0.3) is 0 Å². The molecule has 6 nitrogen and oxygen atoms in total. The normalized spacial score (nSPS) is 16.6. The van der Waals surface area contributed by atoms with Crippen LogP contribution in [0.2, 0.25) is 0 Å². The number of aromatic amines is 1. The lowest BCUT2D eigenvalue weighted by Crippen LogP contribution is -2.34. The summed E-state index contributed by atoms with van der Waals surface area (Å²) in [6, 6.07) is -1.46. The minimum atomic E-state index is -1.46. The molecular weight excluding hydrogens is 212 g/mol. The number of hydrogen-bond acceptors (Lipinski definition) is 4. The van der Waals surface area contributed by atoms with Gasteiger partial charge < -0.3 is 15.4 Å². The van der Waals surface area contributed by atoms with Crippen LogP contribution in [0.15, 0.2) is 9.32 Å². The van der Waals surface area contributed by atoms with E-state index in [9.17, 15) is 9.59 Å². The van der Waals surface area contributed by atoms with E-state index < -0.39 is 29.4 Å². The first-order chi connectivity index (χ1) is 7.66. The smallest absolute Gasteiger partial charge is 0.320 e. The van der Waals surface area contributed by atoms with Gasteiger partial charge in [-0.15, -0.1) is 0 Å². The van der Waals surface area contributed by atoms with Gasteiger partial charge in [0.2, 0.25) is 0 Å². The van der Waals surface area contributed by atoms with E-state index >= 15 is 0 Å². The Hall–Kier alpha value is -1.56. The minimum absolute atomic E-state index is 0.0209. The Morgan fingerprint density at radius 3 is 2.69 bits per heavy atom. The first kappa shape index (κ1) is 10.9. The van der Waals surface area contributed by atoms with Crippen molar-refractivity contribution in [3.8, 4) is 0 Å². The Labute approximate surface area is 93.8 Å². The summed E-state index contributed by atoms with van der Waals surface area (Å²) in [5.74, 6) is -1.07. The number of rotatable bonds is 3. The van der Waals surface area contributed by atoms with Crippen LogP contribution in [0.4, 0.5) is 0 Å². The quantitative estimate of drug-likeness (QED) is 0.688. The number of nitrogens with one attached hydrogen (secondary N) is 1. The van der Waals surface area contributed by atoms with Gasteiger partial charge in [-0.25, -0.2) is 0 Å². The fourth-order valence-corrected chi connectivity index (χ4v) is 1.27. The molecule has 16 heavy (non-hydrogen) atoms. The van der Waals surface area contributed by atoms with E-state index in [1.54, 1.807) is 20.8 Å². The van der Waals surface area contributed by atoms with E-state index in [0.717, 1.165) is 0 Å². The van der Waals surface area contributed by atoms with E-state index in [4.69, 9.17) is 16.7 Å². The van der Waals surface area contributed by atoms with Gasteiger partial charge in [0.1, 0.15) is 11.8 Å². The zero-order chi connectivity index (χ0) is 13.4. The predicted molar refractivity (Wildman–Crippen MR) is 57.3 cm³/mol. The molecule has 0 bridgehead atoms. The van der Waals surface area contributed by atoms with Gasteiger partial charge in [0.15, 0.2) is 0 Å². The van der Waals surface area contributed by atoms with Gasteiger partial charge in [-0.3, -0.25) is 9.59 Å². The largest absolute Gasteiger partial charge is 0.480 e. The maximum absolute atomic E-state index is 11.5. The van der Waals surface area contributed by atoms with E-state index in [-0.39, 0.29) is 11.3 Å². The Bertz CT molecular complexity index is 471. The number of nitrogens with two attached hydrogens (primary N) is 1. The first-order valence-corrected chi connectivity index (χ1v) is 4.78. The van der Waals surface area contributed by atoms with Crippen LogP contribution in [-0.4, -0.2) is 22.3 Å². The molecule has 1 rings (SSSR count). The van der Waals surface area contributed by atoms with Crippen LogP contribution < -0.4 is 11.3 Å². The molecular formula is C10H16N2O4. The van der Waals surface area contributed by atoms with Crippen molar-refractivity contribution >= 4 is 5.97 Å². The lowest BCUT2D eigenvalue weighted by molar-refractivity contribution is -0.138. The van der Waals surface area contributed by atoms with Crippen molar-refractivity contribution in [2.75, 3.05) is 0 Å². The molecule has 1 heterocycles. The van der Waals surface area contributed by atoms with E-state index in [0.29, 0.717) is 0 Å². The van der Waals surface area contributed by atoms with Crippen LogP contribution >= 0.6 is 0 Å². The van der Waals surface area contributed by atoms with Crippen molar-refractivity contribution in [1.29, 1.82) is 0 Å². The molecule has 2 atom stereocenters. The molecule has 0 aliphatic heterocycles. The van der Waals surface area contributed by atoms with Gasteiger partial charge in [-0.1, -0.05) is 20.8 Å². The third-order valence-corrected chi connectivity index (χ3v) is 2.05. The molecule has 4 N–H and O–H groups in total. The Balaban J connectivity index is 3.27. The molecule has 1 aromatic rings. The first-order valence-electron chi connectivity index (χ1n) is 5.36. The molecule has 0 spiro atoms. The maximum atomic E-state index is 11.5. The average Bonchev–Trinajstić information content (AvgIpc) is 2.57. The molecule has 0 saturated carbocycles. The molecule has 0 aliphatic carbocycles. The summed E-state index contributed by atoms with van der Waals surface area (Å²) < 4.78 is 12.7. The number of aromatic nitrogens is 1. The van der Waals surface area contributed by atoms with Crippen molar-refractivity contribution in [2.24, 2.45) is 5.73 Å². The summed E-state index contributed by atoms with van der Waals surface area (Å²) in [5, 5.41) is 10.9. The fourth-order valence-electron chi connectivity index (χ4n) is 1.27. The number of aliphatic carboxylic acids is 1. The fraction of sp³-hybridized carbons (Fsp3) is 0.600. The lowest BCUT2D eigenvalue weighted by atomic mass is 9.89. The standard InChI is InChI=1S/C10H16N2O4/c1-10(2,3)7-5(8(13)12-16-7)4-6(11)9(14)15/h6H,4,11H2,1-3H3,(H,12,13)(H,14,15)/i4T. The summed E-state index contributed by atoms with van der Waals surface area (Å²) in [6.45, 7) is 5.38. The van der Waals surface area contributed by atoms with Crippen LogP contribution in [-0.2, 0) is 16.6 Å². The minimum Gasteiger partial charge on any atom is -0.480 e. The Kier molecular flexibility index (Phi) is 2.82. The highest BCUT2D eigenvalue weighted by Crippen LogP contribution is 2.24. The highest BCUT2D eigenvalue weighted by molar-refractivity contribution is 5.73. The molecule has 0 aromatic carbocycles. The van der Waals surface area contributed by atoms with E-state index in [1.165, 1.54) is 0 Å². The van der Waals surface area contributed by atoms with Crippen LogP contribution in [0.3, 0.4) is 0 Å². The number of carbonyl (C=O) groups is 1. The third-order valence-electron chi connectivity index (χ3n) is 2.05. The highest BCUT2D eigenvalue weighted by atomic mass is 16.5. The van der Waals surface area contributed by atoms with Gasteiger partial charge in [-0.2, -0.15) is 5.16 Å². The van der Waals surface area contributed by atoms with Gasteiger partial charge in [0.05, 0.1) is 5.56 Å². The summed E-state index contributed by atoms with van der Waals surface area (Å²) in [5.41, 5.74) is 4.22. The summed E-state index contributed by atoms with van der Waals surface area (Å²) in [6.07, 6.45) is -1.36. The van der Waals surface area contributed by atoms with E-state index in [2.05, 4.69) is 5.16 Å². The maximum Gasteiger partial charge on any atom is 0.320 e. The molecule has 0 aliphatic rings. The van der Waals surface area contributed by atoms with Crippen molar-refractivity contribution in [1.82, 2.24) is 5.16 Å². The highest BCUT2D eigenvalue weighted by Gasteiger charge is 2.27. The third kappa shape index (κ3) is 2.52. The predicted octanol–water partition coefficient (Wildman–Crippen LogP) is 0.220. The number of hydrogen-bond donors (Lipinski definition) is 3. The van der Waals surface area contributed by atoms with Crippen LogP contribution in [0.5, 0.6) is 0 Å². The second kappa shape index (κ2) is 4.13. The molecule has 0 saturated heterocycles. The molecule has 1 aromatic heterocycles. The second-order valence-corrected chi connectivity index (χ2v) is 4.56. The van der Waals surface area contributed by atoms with Gasteiger partial charge >= 0.3 is 5.97 Å². The zero-order valence-electron chi connectivity index (χ0n) is 10.4. The van der Waals surface area contributed by atoms with Crippen molar-refractivity contribution in [3.63, 3.8) is 0 Å². The van der Waals surface area contributed by atoms with Crippen molar-refractivity contribution in [3.05, 3.63) is 21.7 Å². The second-order valence-electron chi connectivity index (χ2n) is 4.56. The summed E-state index contributed by atoms with van der Waals surface area (Å²) >= 11 is 0. The van der Waals surface area contributed by atoms with Gasteiger partial charge in [0.25, 0.3) is 5.56 Å². The Morgan fingerprint density at radius 1 is 1.69 bits per heavy atom. The van der Waals surface area contributed by atoms with Crippen molar-refractivity contribution < 1.29 is 15.8 Å². The van der Waals surface area contributed by atoms with Gasteiger partial charge in [0, 0.05) is 13.2 Å². The average molecular weight is 230 g/mol. The molecule has 0 amide bonds. The number of H-pyrrole nitrogens is 1. The molecule has 0 radical (unpaired) electrons. The zero-order valence-corrected chi connectivity index (χ0v) is 9.40. The number of carboxylic acid groups (broad SMARTS) is 1. The number of carboxylic acids is 1. The molecule has 0 fully saturated rings. The molecule has 6 heteroatoms. The van der Waals surface area contributed by atoms with E-state index in [1.807, 2.05) is 0 Å². The Morgan fingerprint density at radius 2 is 2.25 bits per heavy atom. The van der Waals surface area contributed by atoms with Crippen LogP contribution in [0.1, 0.15) is 33.5 Å². The molecule has 2 unspecified atom stereocenters. The van der Waals surface area contributed by atoms with Crippen LogP contribution in [0, 0.1) is 0 Å². The SMILES string of the molecule is [3H]C(c1c(C(C)(C)C)o[nH]c1=O)C(N)C(=O)O. The molecule has 90 valence electrons. The summed E-state index contributed by atoms with van der Waals surface area (Å²) in [7, 11) is 0. The lowest BCUT2D eigenvalue weighted by Gasteiger charge is -2.16. The van der Waals surface area contributed by atoms with Gasteiger partial charge in [-0.05, 0) is 0 Å². The topological polar surface area (TPSA) is 109 Å².